The molecule has 0 atom stereocenters. The van der Waals surface area contributed by atoms with Gasteiger partial charge in [-0.25, -0.2) is 4.99 Å². The molecule has 0 radical (unpaired) electrons. The number of rotatable bonds is 2. The Bertz CT molecular complexity index is 813. The average Bonchev–Trinajstić information content (AvgIpc) is 2.72. The van der Waals surface area contributed by atoms with Crippen LogP contribution in [-0.4, -0.2) is 6.21 Å². The predicted octanol–water partition coefficient (Wildman–Crippen LogP) is 5.66. The molecule has 1 heterocycles. The molecule has 1 aliphatic carbocycles. The molecule has 0 unspecified atom stereocenters. The topological polar surface area (TPSA) is 36.1 Å². The first-order chi connectivity index (χ1) is 11.5. The van der Waals surface area contributed by atoms with Crippen LogP contribution in [0.25, 0.3) is 0 Å². The predicted molar refractivity (Wildman–Crippen MR) is 89.0 cm³/mol. The van der Waals surface area contributed by atoms with E-state index < -0.39 is 11.7 Å². The number of halogens is 3. The average molecular weight is 348 g/mol. The van der Waals surface area contributed by atoms with Crippen molar-refractivity contribution in [1.29, 1.82) is 5.26 Å². The van der Waals surface area contributed by atoms with Crippen LogP contribution in [-0.2, 0) is 19.0 Å². The molecule has 24 heavy (non-hydrogen) atoms. The Kier molecular flexibility index (Phi) is 4.72. The summed E-state index contributed by atoms with van der Waals surface area (Å²) in [6.07, 6.45) is 1.83. The fourth-order valence-corrected chi connectivity index (χ4v) is 4.11. The number of fused-ring (bicyclic) bond motifs is 1. The van der Waals surface area contributed by atoms with E-state index in [-0.39, 0.29) is 5.56 Å². The Morgan fingerprint density at radius 2 is 1.88 bits per heavy atom. The van der Waals surface area contributed by atoms with Gasteiger partial charge in [0, 0.05) is 16.7 Å². The third kappa shape index (κ3) is 3.36. The number of nitriles is 1. The lowest BCUT2D eigenvalue weighted by Crippen LogP contribution is -2.08. The minimum absolute atomic E-state index is 0.0116. The minimum atomic E-state index is -4.42. The molecular formula is C18H15F3N2S. The van der Waals surface area contributed by atoms with Gasteiger partial charge in [-0.3, -0.25) is 0 Å². The molecule has 0 N–H and O–H groups in total. The molecule has 0 saturated carbocycles. The van der Waals surface area contributed by atoms with Crippen molar-refractivity contribution in [3.8, 4) is 6.07 Å². The van der Waals surface area contributed by atoms with Gasteiger partial charge < -0.3 is 0 Å². The standard InChI is InChI=1S/C18H15F3N2S/c19-18(20,21)15-8-5-4-6-12(15)11-23-17-14(10-22)13-7-2-1-3-9-16(13)24-17/h4-6,8,11H,1-3,7,9H2/b23-11+. The summed E-state index contributed by atoms with van der Waals surface area (Å²) in [5.74, 6) is 0. The zero-order chi connectivity index (χ0) is 17.2. The highest BCUT2D eigenvalue weighted by atomic mass is 32.1. The molecule has 0 saturated heterocycles. The number of benzene rings is 1. The van der Waals surface area contributed by atoms with Crippen LogP contribution in [0, 0.1) is 11.3 Å². The number of alkyl halides is 3. The summed E-state index contributed by atoms with van der Waals surface area (Å²) in [6.45, 7) is 0. The number of hydrogen-bond donors (Lipinski definition) is 0. The van der Waals surface area contributed by atoms with Crippen LogP contribution in [0.3, 0.4) is 0 Å². The van der Waals surface area contributed by atoms with Crippen LogP contribution >= 0.6 is 11.3 Å². The normalized spacial score (nSPS) is 15.1. The maximum absolute atomic E-state index is 13.0. The van der Waals surface area contributed by atoms with E-state index in [0.717, 1.165) is 48.6 Å². The van der Waals surface area contributed by atoms with Crippen molar-refractivity contribution in [3.63, 3.8) is 0 Å². The first kappa shape index (κ1) is 16.7. The van der Waals surface area contributed by atoms with Crippen LogP contribution in [0.5, 0.6) is 0 Å². The lowest BCUT2D eigenvalue weighted by Gasteiger charge is -2.09. The largest absolute Gasteiger partial charge is 0.417 e. The van der Waals surface area contributed by atoms with Gasteiger partial charge in [0.2, 0.25) is 0 Å². The minimum Gasteiger partial charge on any atom is -0.244 e. The summed E-state index contributed by atoms with van der Waals surface area (Å²) < 4.78 is 39.1. The second kappa shape index (κ2) is 6.78. The second-order valence-electron chi connectivity index (χ2n) is 5.70. The van der Waals surface area contributed by atoms with E-state index in [1.165, 1.54) is 29.7 Å². The smallest absolute Gasteiger partial charge is 0.244 e. The molecule has 2 nitrogen and oxygen atoms in total. The molecule has 1 aromatic heterocycles. The van der Waals surface area contributed by atoms with Gasteiger partial charge in [-0.2, -0.15) is 18.4 Å². The Hall–Kier alpha value is -2.13. The molecule has 1 aromatic carbocycles. The second-order valence-corrected chi connectivity index (χ2v) is 6.78. The Morgan fingerprint density at radius 1 is 1.12 bits per heavy atom. The van der Waals surface area contributed by atoms with Gasteiger partial charge in [0.25, 0.3) is 0 Å². The molecule has 124 valence electrons. The highest BCUT2D eigenvalue weighted by molar-refractivity contribution is 7.16. The summed E-state index contributed by atoms with van der Waals surface area (Å²) in [5.41, 5.74) is 0.858. The van der Waals surface area contributed by atoms with Crippen molar-refractivity contribution in [2.24, 2.45) is 4.99 Å². The SMILES string of the molecule is N#Cc1c(/N=C/c2ccccc2C(F)(F)F)sc2c1CCCCC2. The number of aliphatic imine (C=N–C) groups is 1. The molecule has 0 aliphatic heterocycles. The van der Waals surface area contributed by atoms with E-state index >= 15 is 0 Å². The number of aryl methyl sites for hydroxylation is 1. The van der Waals surface area contributed by atoms with Gasteiger partial charge in [0.15, 0.2) is 0 Å². The zero-order valence-electron chi connectivity index (χ0n) is 12.9. The van der Waals surface area contributed by atoms with Crippen molar-refractivity contribution in [3.05, 3.63) is 51.4 Å². The Balaban J connectivity index is 1.98. The summed E-state index contributed by atoms with van der Waals surface area (Å²) in [7, 11) is 0. The molecule has 0 fully saturated rings. The highest BCUT2D eigenvalue weighted by Gasteiger charge is 2.32. The fraction of sp³-hybridized carbons (Fsp3) is 0.333. The van der Waals surface area contributed by atoms with E-state index in [9.17, 15) is 18.4 Å². The summed E-state index contributed by atoms with van der Waals surface area (Å²) in [4.78, 5) is 5.38. The van der Waals surface area contributed by atoms with Gasteiger partial charge in [-0.15, -0.1) is 11.3 Å². The Morgan fingerprint density at radius 3 is 2.62 bits per heavy atom. The number of hydrogen-bond acceptors (Lipinski definition) is 3. The lowest BCUT2D eigenvalue weighted by atomic mass is 10.1. The van der Waals surface area contributed by atoms with Crippen LogP contribution in [0.2, 0.25) is 0 Å². The van der Waals surface area contributed by atoms with E-state index in [2.05, 4.69) is 11.1 Å². The molecule has 1 aliphatic rings. The monoisotopic (exact) mass is 348 g/mol. The van der Waals surface area contributed by atoms with Gasteiger partial charge in [-0.05, 0) is 37.3 Å². The summed E-state index contributed by atoms with van der Waals surface area (Å²) >= 11 is 1.43. The van der Waals surface area contributed by atoms with Crippen molar-refractivity contribution < 1.29 is 13.2 Å². The first-order valence-corrected chi connectivity index (χ1v) is 8.57. The van der Waals surface area contributed by atoms with Gasteiger partial charge >= 0.3 is 6.18 Å². The summed E-state index contributed by atoms with van der Waals surface area (Å²) in [5, 5.41) is 9.95. The van der Waals surface area contributed by atoms with Crippen molar-refractivity contribution in [2.45, 2.75) is 38.3 Å². The molecule has 0 spiro atoms. The van der Waals surface area contributed by atoms with Crippen LogP contribution in [0.4, 0.5) is 18.2 Å². The van der Waals surface area contributed by atoms with Crippen LogP contribution in [0.15, 0.2) is 29.3 Å². The third-order valence-electron chi connectivity index (χ3n) is 4.10. The summed E-state index contributed by atoms with van der Waals surface area (Å²) in [6, 6.07) is 7.51. The maximum Gasteiger partial charge on any atom is 0.417 e. The number of thiophene rings is 1. The molecule has 0 bridgehead atoms. The van der Waals surface area contributed by atoms with E-state index in [0.29, 0.717) is 10.6 Å². The zero-order valence-corrected chi connectivity index (χ0v) is 13.7. The first-order valence-electron chi connectivity index (χ1n) is 7.75. The van der Waals surface area contributed by atoms with Crippen molar-refractivity contribution >= 4 is 22.6 Å². The number of nitrogens with zero attached hydrogens (tertiary/aromatic N) is 2. The van der Waals surface area contributed by atoms with E-state index in [1.54, 1.807) is 6.07 Å². The highest BCUT2D eigenvalue weighted by Crippen LogP contribution is 2.39. The molecule has 3 rings (SSSR count). The van der Waals surface area contributed by atoms with E-state index in [1.807, 2.05) is 0 Å². The van der Waals surface area contributed by atoms with Crippen molar-refractivity contribution in [1.82, 2.24) is 0 Å². The molecule has 2 aromatic rings. The molecular weight excluding hydrogens is 333 g/mol. The van der Waals surface area contributed by atoms with Crippen LogP contribution < -0.4 is 0 Å². The van der Waals surface area contributed by atoms with Gasteiger partial charge in [0.05, 0.1) is 11.1 Å². The molecule has 0 amide bonds. The van der Waals surface area contributed by atoms with Crippen LogP contribution in [0.1, 0.15) is 46.4 Å². The van der Waals surface area contributed by atoms with E-state index in [4.69, 9.17) is 0 Å². The maximum atomic E-state index is 13.0. The molecule has 6 heteroatoms. The third-order valence-corrected chi connectivity index (χ3v) is 5.30. The lowest BCUT2D eigenvalue weighted by molar-refractivity contribution is -0.137. The van der Waals surface area contributed by atoms with Gasteiger partial charge in [-0.1, -0.05) is 24.6 Å². The Labute approximate surface area is 142 Å². The fourth-order valence-electron chi connectivity index (χ4n) is 2.93. The quantitative estimate of drug-likeness (QED) is 0.510. The van der Waals surface area contributed by atoms with Gasteiger partial charge in [0.1, 0.15) is 11.1 Å². The van der Waals surface area contributed by atoms with Crippen molar-refractivity contribution in [2.75, 3.05) is 0 Å².